The van der Waals surface area contributed by atoms with Crippen LogP contribution in [0.15, 0.2) is 34.2 Å². The van der Waals surface area contributed by atoms with Gasteiger partial charge in [0, 0.05) is 12.8 Å². The lowest BCUT2D eigenvalue weighted by molar-refractivity contribution is -0.148. The summed E-state index contributed by atoms with van der Waals surface area (Å²) < 4.78 is 29.3. The number of carbonyl (C=O) groups is 3. The molecule has 150 valence electrons. The van der Waals surface area contributed by atoms with E-state index in [4.69, 9.17) is 4.74 Å². The van der Waals surface area contributed by atoms with Gasteiger partial charge in [0.25, 0.3) is 17.6 Å². The number of sulfone groups is 1. The highest BCUT2D eigenvalue weighted by molar-refractivity contribution is 7.90. The number of Topliss-reactive ketones (excluding diaryl/α,β-unsaturated/α-hetero) is 1. The van der Waals surface area contributed by atoms with Crippen LogP contribution in [-0.4, -0.2) is 67.8 Å². The first kappa shape index (κ1) is 20.2. The predicted octanol–water partition coefficient (Wildman–Crippen LogP) is -0.306. The molecule has 0 radical (unpaired) electrons. The van der Waals surface area contributed by atoms with Crippen molar-refractivity contribution in [1.29, 1.82) is 0 Å². The minimum atomic E-state index is -3.48. The Morgan fingerprint density at radius 1 is 1.32 bits per heavy atom. The monoisotopic (exact) mass is 407 g/mol. The third kappa shape index (κ3) is 3.69. The molecule has 1 unspecified atom stereocenters. The van der Waals surface area contributed by atoms with Crippen LogP contribution in [0.25, 0.3) is 0 Å². The number of ketones is 1. The Bertz CT molecular complexity index is 983. The molecule has 0 aromatic heterocycles. The Labute approximate surface area is 162 Å². The Balaban J connectivity index is 1.83. The highest BCUT2D eigenvalue weighted by atomic mass is 32.2. The van der Waals surface area contributed by atoms with Gasteiger partial charge in [0.2, 0.25) is 0 Å². The van der Waals surface area contributed by atoms with E-state index in [-0.39, 0.29) is 30.4 Å². The summed E-state index contributed by atoms with van der Waals surface area (Å²) in [5.41, 5.74) is -0.528. The van der Waals surface area contributed by atoms with Crippen LogP contribution in [0, 0.1) is 0 Å². The smallest absolute Gasteiger partial charge is 0.298 e. The van der Waals surface area contributed by atoms with E-state index in [1.54, 1.807) is 32.0 Å². The molecule has 0 saturated carbocycles. The largest absolute Gasteiger partial charge is 0.366 e. The number of benzene rings is 1. The molecule has 3 rings (SSSR count). The first-order valence-corrected chi connectivity index (χ1v) is 10.5. The van der Waals surface area contributed by atoms with Gasteiger partial charge in [-0.25, -0.2) is 13.4 Å². The van der Waals surface area contributed by atoms with Gasteiger partial charge in [-0.2, -0.15) is 0 Å². The second-order valence-electron chi connectivity index (χ2n) is 7.13. The van der Waals surface area contributed by atoms with E-state index >= 15 is 0 Å². The zero-order valence-electron chi connectivity index (χ0n) is 15.8. The van der Waals surface area contributed by atoms with Crippen molar-refractivity contribution in [3.63, 3.8) is 0 Å². The van der Waals surface area contributed by atoms with Gasteiger partial charge in [0.1, 0.15) is 11.4 Å². The molecule has 2 aliphatic rings. The molecule has 28 heavy (non-hydrogen) atoms. The quantitative estimate of drug-likeness (QED) is 0.540. The van der Waals surface area contributed by atoms with Gasteiger partial charge in [0.05, 0.1) is 18.0 Å². The minimum absolute atomic E-state index is 0.0839. The SMILES string of the molecule is CC1(C)OCCN2C(=O)C(=O)C(C(=O)NCc3ccccc3S(C)(=O)=O)N=C21. The van der Waals surface area contributed by atoms with Crippen molar-refractivity contribution in [1.82, 2.24) is 10.2 Å². The van der Waals surface area contributed by atoms with Gasteiger partial charge >= 0.3 is 0 Å². The second-order valence-corrected chi connectivity index (χ2v) is 9.12. The lowest BCUT2D eigenvalue weighted by atomic mass is 9.99. The maximum atomic E-state index is 12.6. The number of carbonyl (C=O) groups excluding carboxylic acids is 3. The summed E-state index contributed by atoms with van der Waals surface area (Å²) in [6.45, 7) is 3.76. The average Bonchev–Trinajstić information content (AvgIpc) is 2.62. The molecule has 0 aliphatic carbocycles. The number of rotatable bonds is 4. The fourth-order valence-corrected chi connectivity index (χ4v) is 4.15. The summed E-state index contributed by atoms with van der Waals surface area (Å²) in [6.07, 6.45) is 1.07. The number of morpholine rings is 1. The van der Waals surface area contributed by atoms with Crippen LogP contribution in [0.2, 0.25) is 0 Å². The van der Waals surface area contributed by atoms with E-state index in [0.29, 0.717) is 5.56 Å². The van der Waals surface area contributed by atoms with Gasteiger partial charge in [-0.05, 0) is 25.5 Å². The van der Waals surface area contributed by atoms with E-state index in [1.807, 2.05) is 0 Å². The van der Waals surface area contributed by atoms with Crippen LogP contribution < -0.4 is 5.32 Å². The fourth-order valence-electron chi connectivity index (χ4n) is 3.21. The number of amides is 2. The van der Waals surface area contributed by atoms with Crippen molar-refractivity contribution in [3.05, 3.63) is 29.8 Å². The number of ether oxygens (including phenoxy) is 1. The number of fused-ring (bicyclic) bond motifs is 1. The van der Waals surface area contributed by atoms with Gasteiger partial charge in [-0.15, -0.1) is 0 Å². The molecule has 1 atom stereocenters. The van der Waals surface area contributed by atoms with Crippen LogP contribution in [-0.2, 0) is 35.5 Å². The van der Waals surface area contributed by atoms with E-state index in [1.165, 1.54) is 11.0 Å². The second kappa shape index (κ2) is 7.10. The average molecular weight is 407 g/mol. The normalized spacial score (nSPS) is 21.8. The van der Waals surface area contributed by atoms with E-state index in [2.05, 4.69) is 10.3 Å². The summed E-state index contributed by atoms with van der Waals surface area (Å²) in [6, 6.07) is 4.70. The van der Waals surface area contributed by atoms with Crippen molar-refractivity contribution in [2.24, 2.45) is 4.99 Å². The van der Waals surface area contributed by atoms with Gasteiger partial charge in [-0.1, -0.05) is 18.2 Å². The van der Waals surface area contributed by atoms with Crippen LogP contribution in [0.3, 0.4) is 0 Å². The maximum Gasteiger partial charge on any atom is 0.298 e. The first-order valence-electron chi connectivity index (χ1n) is 8.66. The van der Waals surface area contributed by atoms with Crippen LogP contribution in [0.4, 0.5) is 0 Å². The molecule has 2 aliphatic heterocycles. The Hall–Kier alpha value is -2.59. The van der Waals surface area contributed by atoms with Crippen molar-refractivity contribution >= 4 is 33.3 Å². The van der Waals surface area contributed by atoms with Gasteiger partial charge in [-0.3, -0.25) is 19.3 Å². The zero-order chi connectivity index (χ0) is 20.7. The highest BCUT2D eigenvalue weighted by Crippen LogP contribution is 2.24. The van der Waals surface area contributed by atoms with Crippen molar-refractivity contribution in [2.75, 3.05) is 19.4 Å². The van der Waals surface area contributed by atoms with Crippen LogP contribution in [0.1, 0.15) is 19.4 Å². The molecule has 0 bridgehead atoms. The molecule has 1 N–H and O–H groups in total. The third-order valence-electron chi connectivity index (χ3n) is 4.60. The lowest BCUT2D eigenvalue weighted by Crippen LogP contribution is -2.62. The van der Waals surface area contributed by atoms with Gasteiger partial charge in [0.15, 0.2) is 15.9 Å². The summed E-state index contributed by atoms with van der Waals surface area (Å²) >= 11 is 0. The summed E-state index contributed by atoms with van der Waals surface area (Å²) in [7, 11) is -3.48. The summed E-state index contributed by atoms with van der Waals surface area (Å²) in [5.74, 6) is -2.25. The van der Waals surface area contributed by atoms with Crippen LogP contribution in [0.5, 0.6) is 0 Å². The zero-order valence-corrected chi connectivity index (χ0v) is 16.6. The number of amidine groups is 1. The van der Waals surface area contributed by atoms with Crippen molar-refractivity contribution in [2.45, 2.75) is 36.9 Å². The molecule has 1 aromatic carbocycles. The molecule has 10 heteroatoms. The highest BCUT2D eigenvalue weighted by Gasteiger charge is 2.47. The molecule has 0 spiro atoms. The van der Waals surface area contributed by atoms with E-state index in [0.717, 1.165) is 6.26 Å². The number of nitrogens with zero attached hydrogens (tertiary/aromatic N) is 2. The van der Waals surface area contributed by atoms with Crippen molar-refractivity contribution < 1.29 is 27.5 Å². The Morgan fingerprint density at radius 2 is 2.00 bits per heavy atom. The minimum Gasteiger partial charge on any atom is -0.366 e. The number of hydrogen-bond donors (Lipinski definition) is 1. The maximum absolute atomic E-state index is 12.6. The fraction of sp³-hybridized carbons (Fsp3) is 0.444. The Kier molecular flexibility index (Phi) is 5.11. The lowest BCUT2D eigenvalue weighted by Gasteiger charge is -2.41. The summed E-state index contributed by atoms with van der Waals surface area (Å²) in [4.78, 5) is 42.9. The number of hydrogen-bond acceptors (Lipinski definition) is 7. The molecule has 9 nitrogen and oxygen atoms in total. The molecular formula is C18H21N3O6S. The van der Waals surface area contributed by atoms with Crippen molar-refractivity contribution in [3.8, 4) is 0 Å². The molecule has 2 heterocycles. The Morgan fingerprint density at radius 3 is 2.68 bits per heavy atom. The molecule has 1 aromatic rings. The van der Waals surface area contributed by atoms with E-state index < -0.39 is 39.1 Å². The topological polar surface area (TPSA) is 122 Å². The van der Waals surface area contributed by atoms with E-state index in [9.17, 15) is 22.8 Å². The molecule has 1 fully saturated rings. The molecule has 2 amide bonds. The molecule has 1 saturated heterocycles. The third-order valence-corrected chi connectivity index (χ3v) is 5.80. The molecular weight excluding hydrogens is 386 g/mol. The van der Waals surface area contributed by atoms with Crippen LogP contribution >= 0.6 is 0 Å². The first-order chi connectivity index (χ1) is 13.0. The summed E-state index contributed by atoms with van der Waals surface area (Å²) in [5, 5.41) is 2.51. The number of nitrogens with one attached hydrogen (secondary N) is 1. The standard InChI is InChI=1S/C18H21N3O6S/c1-18(2)17-20-13(14(22)16(24)21(17)8-9-27-18)15(23)19-10-11-6-4-5-7-12(11)28(3,25)26/h4-7,13H,8-10H2,1-3H3,(H,19,23). The predicted molar refractivity (Wildman–Crippen MR) is 99.4 cm³/mol. The van der Waals surface area contributed by atoms with Gasteiger partial charge < -0.3 is 10.1 Å². The number of aliphatic imine (C=N–C) groups is 1.